The molecule has 0 saturated heterocycles. The Labute approximate surface area is 137 Å². The van der Waals surface area contributed by atoms with E-state index in [4.69, 9.17) is 4.74 Å². The van der Waals surface area contributed by atoms with E-state index in [0.717, 1.165) is 4.90 Å². The first-order valence-corrected chi connectivity index (χ1v) is 7.27. The number of hydrogen-bond donors (Lipinski definition) is 0. The summed E-state index contributed by atoms with van der Waals surface area (Å²) in [4.78, 5) is 37.6. The minimum absolute atomic E-state index is 0.0636. The zero-order valence-electron chi connectivity index (χ0n) is 13.1. The minimum atomic E-state index is -0.792. The molecule has 0 spiro atoms. The van der Waals surface area contributed by atoms with Gasteiger partial charge < -0.3 is 4.74 Å². The zero-order valence-corrected chi connectivity index (χ0v) is 13.1. The number of fused-ring (bicyclic) bond motifs is 1. The van der Waals surface area contributed by atoms with Crippen LogP contribution in [0.25, 0.3) is 0 Å². The van der Waals surface area contributed by atoms with Crippen molar-refractivity contribution in [3.63, 3.8) is 0 Å². The van der Waals surface area contributed by atoms with Gasteiger partial charge in [0, 0.05) is 0 Å². The number of hydrogen-bond acceptors (Lipinski definition) is 4. The number of carbonyl (C=O) groups excluding carboxylic acids is 3. The molecule has 122 valence electrons. The van der Waals surface area contributed by atoms with Gasteiger partial charge in [0.25, 0.3) is 11.8 Å². The van der Waals surface area contributed by atoms with E-state index in [9.17, 15) is 18.8 Å². The predicted octanol–water partition coefficient (Wildman–Crippen LogP) is 2.83. The number of benzene rings is 2. The number of nitrogens with zero attached hydrogens (tertiary/aromatic N) is 1. The zero-order chi connectivity index (χ0) is 17.4. The highest BCUT2D eigenvalue weighted by molar-refractivity contribution is 6.21. The van der Waals surface area contributed by atoms with Gasteiger partial charge in [-0.1, -0.05) is 18.2 Å². The van der Waals surface area contributed by atoms with Gasteiger partial charge in [0.2, 0.25) is 0 Å². The van der Waals surface area contributed by atoms with Gasteiger partial charge in [-0.3, -0.25) is 19.3 Å². The van der Waals surface area contributed by atoms with Gasteiger partial charge in [0.1, 0.15) is 0 Å². The molecule has 5 nitrogen and oxygen atoms in total. The van der Waals surface area contributed by atoms with Crippen LogP contribution < -0.4 is 4.74 Å². The van der Waals surface area contributed by atoms with Crippen LogP contribution in [0.15, 0.2) is 36.4 Å². The molecule has 0 saturated carbocycles. The minimum Gasteiger partial charge on any atom is -0.494 e. The quantitative estimate of drug-likeness (QED) is 0.640. The number of rotatable bonds is 4. The molecular weight excluding hydrogens is 313 g/mol. The summed E-state index contributed by atoms with van der Waals surface area (Å²) in [5, 5.41) is 0. The molecule has 24 heavy (non-hydrogen) atoms. The lowest BCUT2D eigenvalue weighted by atomic mass is 10.0. The smallest absolute Gasteiger partial charge is 0.261 e. The maximum absolute atomic E-state index is 14.4. The van der Waals surface area contributed by atoms with Crippen LogP contribution in [0.2, 0.25) is 0 Å². The van der Waals surface area contributed by atoms with Crippen LogP contribution in [0.1, 0.15) is 43.6 Å². The molecule has 1 heterocycles. The van der Waals surface area contributed by atoms with Crippen molar-refractivity contribution in [1.29, 1.82) is 0 Å². The number of ketones is 1. The Hall–Kier alpha value is -3.02. The summed E-state index contributed by atoms with van der Waals surface area (Å²) >= 11 is 0. The van der Waals surface area contributed by atoms with Crippen LogP contribution in [0.3, 0.4) is 0 Å². The fraction of sp³-hybridized carbons (Fsp3) is 0.167. The van der Waals surface area contributed by atoms with Crippen LogP contribution >= 0.6 is 0 Å². The third-order valence-electron chi connectivity index (χ3n) is 3.97. The van der Waals surface area contributed by atoms with Crippen molar-refractivity contribution in [3.05, 3.63) is 64.5 Å². The summed E-state index contributed by atoms with van der Waals surface area (Å²) < 4.78 is 19.3. The van der Waals surface area contributed by atoms with Crippen LogP contribution in [0, 0.1) is 5.82 Å². The highest BCUT2D eigenvalue weighted by Gasteiger charge is 2.35. The molecule has 0 atom stereocenters. The largest absolute Gasteiger partial charge is 0.494 e. The molecule has 0 bridgehead atoms. The van der Waals surface area contributed by atoms with Crippen molar-refractivity contribution >= 4 is 17.6 Å². The fourth-order valence-electron chi connectivity index (χ4n) is 2.82. The highest BCUT2D eigenvalue weighted by atomic mass is 19.1. The molecule has 1 aliphatic rings. The molecule has 1 aliphatic heterocycles. The fourth-order valence-corrected chi connectivity index (χ4v) is 2.82. The van der Waals surface area contributed by atoms with Crippen molar-refractivity contribution in [1.82, 2.24) is 4.90 Å². The lowest BCUT2D eigenvalue weighted by Gasteiger charge is -2.17. The van der Waals surface area contributed by atoms with Gasteiger partial charge in [0.15, 0.2) is 17.3 Å². The van der Waals surface area contributed by atoms with Gasteiger partial charge in [-0.05, 0) is 30.7 Å². The maximum atomic E-state index is 14.4. The molecule has 2 amide bonds. The Kier molecular flexibility index (Phi) is 3.89. The first-order valence-electron chi connectivity index (χ1n) is 7.27. The first kappa shape index (κ1) is 15.9. The molecule has 2 aromatic rings. The second kappa shape index (κ2) is 5.88. The van der Waals surface area contributed by atoms with Crippen LogP contribution in [0.5, 0.6) is 5.75 Å². The van der Waals surface area contributed by atoms with Gasteiger partial charge >= 0.3 is 0 Å². The van der Waals surface area contributed by atoms with Gasteiger partial charge in [-0.25, -0.2) is 4.39 Å². The van der Waals surface area contributed by atoms with Gasteiger partial charge in [0.05, 0.1) is 30.3 Å². The lowest BCUT2D eigenvalue weighted by Crippen LogP contribution is -2.30. The highest BCUT2D eigenvalue weighted by Crippen LogP contribution is 2.29. The maximum Gasteiger partial charge on any atom is 0.261 e. The van der Waals surface area contributed by atoms with E-state index in [1.807, 2.05) is 0 Å². The van der Waals surface area contributed by atoms with E-state index in [-0.39, 0.29) is 23.4 Å². The molecule has 0 unspecified atom stereocenters. The van der Waals surface area contributed by atoms with Crippen molar-refractivity contribution < 1.29 is 23.5 Å². The number of carbonyl (C=O) groups is 3. The Morgan fingerprint density at radius 3 is 2.17 bits per heavy atom. The van der Waals surface area contributed by atoms with E-state index in [1.54, 1.807) is 24.3 Å². The number of Topliss-reactive ketones (excluding diaryl/α,β-unsaturated/α-hetero) is 1. The van der Waals surface area contributed by atoms with E-state index < -0.39 is 23.4 Å². The molecule has 0 radical (unpaired) electrons. The van der Waals surface area contributed by atoms with Crippen molar-refractivity contribution in [2.75, 3.05) is 7.11 Å². The third kappa shape index (κ3) is 2.36. The SMILES string of the molecule is COc1ccc(CN2C(=O)c3ccccc3C2=O)c(C(C)=O)c1F. The molecule has 0 N–H and O–H groups in total. The predicted molar refractivity (Wildman–Crippen MR) is 83.6 cm³/mol. The van der Waals surface area contributed by atoms with Crippen LogP contribution in [0.4, 0.5) is 4.39 Å². The summed E-state index contributed by atoms with van der Waals surface area (Å²) in [6.07, 6.45) is 0. The Morgan fingerprint density at radius 1 is 1.08 bits per heavy atom. The van der Waals surface area contributed by atoms with Gasteiger partial charge in [-0.15, -0.1) is 0 Å². The number of imide groups is 1. The van der Waals surface area contributed by atoms with E-state index in [1.165, 1.54) is 26.2 Å². The molecule has 3 rings (SSSR count). The van der Waals surface area contributed by atoms with Crippen LogP contribution in [-0.2, 0) is 6.54 Å². The number of methoxy groups -OCH3 is 1. The average molecular weight is 327 g/mol. The second-order valence-corrected chi connectivity index (χ2v) is 5.41. The standard InChI is InChI=1S/C18H14FNO4/c1-10(21)15-11(7-8-14(24-2)16(15)19)9-20-17(22)12-5-3-4-6-13(12)18(20)23/h3-8H,9H2,1-2H3. The third-order valence-corrected chi connectivity index (χ3v) is 3.97. The molecule has 0 aliphatic carbocycles. The lowest BCUT2D eigenvalue weighted by molar-refractivity contribution is 0.0640. The number of amides is 2. The molecule has 0 aromatic heterocycles. The summed E-state index contributed by atoms with van der Waals surface area (Å²) in [6, 6.07) is 9.33. The first-order chi connectivity index (χ1) is 11.5. The summed E-state index contributed by atoms with van der Waals surface area (Å²) in [5.41, 5.74) is 0.697. The van der Waals surface area contributed by atoms with Crippen molar-refractivity contribution in [3.8, 4) is 5.75 Å². The Bertz CT molecular complexity index is 840. The molecular formula is C18H14FNO4. The van der Waals surface area contributed by atoms with Crippen LogP contribution in [-0.4, -0.2) is 29.6 Å². The van der Waals surface area contributed by atoms with E-state index in [0.29, 0.717) is 11.1 Å². The second-order valence-electron chi connectivity index (χ2n) is 5.41. The monoisotopic (exact) mass is 327 g/mol. The summed E-state index contributed by atoms with van der Waals surface area (Å²) in [5.74, 6) is -2.27. The summed E-state index contributed by atoms with van der Waals surface area (Å²) in [6.45, 7) is 1.05. The topological polar surface area (TPSA) is 63.7 Å². The normalized spacial score (nSPS) is 13.2. The Balaban J connectivity index is 2.01. The molecule has 0 fully saturated rings. The summed E-state index contributed by atoms with van der Waals surface area (Å²) in [7, 11) is 1.30. The van der Waals surface area contributed by atoms with Crippen molar-refractivity contribution in [2.24, 2.45) is 0 Å². The number of halogens is 1. The van der Waals surface area contributed by atoms with E-state index in [2.05, 4.69) is 0 Å². The van der Waals surface area contributed by atoms with Crippen molar-refractivity contribution in [2.45, 2.75) is 13.5 Å². The number of ether oxygens (including phenoxy) is 1. The average Bonchev–Trinajstić information content (AvgIpc) is 2.80. The Morgan fingerprint density at radius 2 is 1.67 bits per heavy atom. The van der Waals surface area contributed by atoms with E-state index >= 15 is 0 Å². The molecule has 6 heteroatoms. The molecule has 2 aromatic carbocycles. The van der Waals surface area contributed by atoms with Gasteiger partial charge in [-0.2, -0.15) is 0 Å².